The molecule has 1 aromatic carbocycles. The van der Waals surface area contributed by atoms with Gasteiger partial charge in [-0.15, -0.1) is 0 Å². The zero-order valence-corrected chi connectivity index (χ0v) is 9.24. The normalized spacial score (nSPS) is 11.9. The molecule has 1 rings (SSSR count). The fourth-order valence-electron chi connectivity index (χ4n) is 1.28. The molecule has 0 aliphatic rings. The van der Waals surface area contributed by atoms with Crippen LogP contribution in [0.4, 0.5) is 4.39 Å². The van der Waals surface area contributed by atoms with Crippen LogP contribution in [0.15, 0.2) is 18.2 Å². The second-order valence-electron chi connectivity index (χ2n) is 3.65. The van der Waals surface area contributed by atoms with Gasteiger partial charge >= 0.3 is 0 Å². The lowest BCUT2D eigenvalue weighted by Crippen LogP contribution is -2.27. The van der Waals surface area contributed by atoms with Gasteiger partial charge in [-0.1, -0.05) is 6.07 Å². The van der Waals surface area contributed by atoms with Gasteiger partial charge in [0.15, 0.2) is 0 Å². The van der Waals surface area contributed by atoms with E-state index in [1.165, 1.54) is 12.1 Å². The number of nitriles is 2. The van der Waals surface area contributed by atoms with Gasteiger partial charge in [-0.3, -0.25) is 4.90 Å². The largest absolute Gasteiger partial charge is 0.287 e. The standard InChI is InChI=1S/C12H12FN3/c1-9(6-14)16(2)8-10-3-4-12(13)11(5-10)7-15/h3-5,9H,8H2,1-2H3. The third kappa shape index (κ3) is 2.79. The van der Waals surface area contributed by atoms with Crippen LogP contribution in [-0.2, 0) is 6.54 Å². The molecule has 0 bridgehead atoms. The third-order valence-electron chi connectivity index (χ3n) is 2.43. The van der Waals surface area contributed by atoms with Crippen molar-refractivity contribution in [2.45, 2.75) is 19.5 Å². The molecular weight excluding hydrogens is 205 g/mol. The molecule has 1 aromatic rings. The Morgan fingerprint density at radius 1 is 1.44 bits per heavy atom. The molecule has 16 heavy (non-hydrogen) atoms. The van der Waals surface area contributed by atoms with Crippen molar-refractivity contribution in [3.63, 3.8) is 0 Å². The highest BCUT2D eigenvalue weighted by atomic mass is 19.1. The highest BCUT2D eigenvalue weighted by Crippen LogP contribution is 2.12. The molecule has 0 aromatic heterocycles. The maximum atomic E-state index is 13.0. The van der Waals surface area contributed by atoms with Gasteiger partial charge in [0.2, 0.25) is 0 Å². The second-order valence-corrected chi connectivity index (χ2v) is 3.65. The first kappa shape index (κ1) is 12.2. The molecule has 0 aliphatic carbocycles. The number of hydrogen-bond donors (Lipinski definition) is 0. The minimum absolute atomic E-state index is 0.0375. The molecule has 0 saturated carbocycles. The molecule has 1 atom stereocenters. The van der Waals surface area contributed by atoms with Gasteiger partial charge in [0, 0.05) is 6.54 Å². The van der Waals surface area contributed by atoms with E-state index in [0.717, 1.165) is 5.56 Å². The Morgan fingerprint density at radius 2 is 2.12 bits per heavy atom. The average molecular weight is 217 g/mol. The summed E-state index contributed by atoms with van der Waals surface area (Å²) in [6, 6.07) is 8.10. The molecule has 3 nitrogen and oxygen atoms in total. The predicted molar refractivity (Wildman–Crippen MR) is 57.7 cm³/mol. The summed E-state index contributed by atoms with van der Waals surface area (Å²) < 4.78 is 13.0. The van der Waals surface area contributed by atoms with Crippen molar-refractivity contribution < 1.29 is 4.39 Å². The first-order valence-electron chi connectivity index (χ1n) is 4.87. The Balaban J connectivity index is 2.84. The first-order valence-corrected chi connectivity index (χ1v) is 4.87. The maximum Gasteiger partial charge on any atom is 0.140 e. The summed E-state index contributed by atoms with van der Waals surface area (Å²) in [5.74, 6) is -0.512. The number of rotatable bonds is 3. The smallest absolute Gasteiger partial charge is 0.140 e. The van der Waals surface area contributed by atoms with Gasteiger partial charge in [0.25, 0.3) is 0 Å². The maximum absolute atomic E-state index is 13.0. The Kier molecular flexibility index (Phi) is 3.99. The van der Waals surface area contributed by atoms with Crippen LogP contribution in [0.1, 0.15) is 18.1 Å². The van der Waals surface area contributed by atoms with E-state index in [1.807, 2.05) is 11.9 Å². The van der Waals surface area contributed by atoms with E-state index in [1.54, 1.807) is 19.1 Å². The summed E-state index contributed by atoms with van der Waals surface area (Å²) in [6.07, 6.45) is 0. The van der Waals surface area contributed by atoms with E-state index in [2.05, 4.69) is 6.07 Å². The van der Waals surface area contributed by atoms with Gasteiger partial charge in [-0.05, 0) is 31.7 Å². The minimum atomic E-state index is -0.512. The molecule has 82 valence electrons. The summed E-state index contributed by atoms with van der Waals surface area (Å²) in [5, 5.41) is 17.4. The summed E-state index contributed by atoms with van der Waals surface area (Å²) in [6.45, 7) is 2.30. The lowest BCUT2D eigenvalue weighted by molar-refractivity contribution is 0.294. The SMILES string of the molecule is CC(C#N)N(C)Cc1ccc(F)c(C#N)c1. The molecule has 0 N–H and O–H groups in total. The quantitative estimate of drug-likeness (QED) is 0.778. The van der Waals surface area contributed by atoms with Gasteiger partial charge in [-0.2, -0.15) is 10.5 Å². The first-order chi connectivity index (χ1) is 7.58. The van der Waals surface area contributed by atoms with E-state index in [9.17, 15) is 4.39 Å². The van der Waals surface area contributed by atoms with Crippen molar-refractivity contribution in [3.05, 3.63) is 35.1 Å². The van der Waals surface area contributed by atoms with Gasteiger partial charge in [0.05, 0.1) is 17.7 Å². The Hall–Kier alpha value is -1.91. The van der Waals surface area contributed by atoms with E-state index in [0.29, 0.717) is 6.54 Å². The minimum Gasteiger partial charge on any atom is -0.287 e. The van der Waals surface area contributed by atoms with Crippen molar-refractivity contribution >= 4 is 0 Å². The van der Waals surface area contributed by atoms with E-state index in [4.69, 9.17) is 10.5 Å². The van der Waals surface area contributed by atoms with Crippen molar-refractivity contribution in [3.8, 4) is 12.1 Å². The zero-order valence-electron chi connectivity index (χ0n) is 9.24. The number of hydrogen-bond acceptors (Lipinski definition) is 3. The summed E-state index contributed by atoms with van der Waals surface area (Å²) in [4.78, 5) is 1.83. The van der Waals surface area contributed by atoms with Crippen molar-refractivity contribution in [2.75, 3.05) is 7.05 Å². The predicted octanol–water partition coefficient (Wildman–Crippen LogP) is 2.04. The molecule has 0 amide bonds. The summed E-state index contributed by atoms with van der Waals surface area (Å²) in [5.41, 5.74) is 0.859. The van der Waals surface area contributed by atoms with E-state index < -0.39 is 5.82 Å². The molecule has 0 fully saturated rings. The van der Waals surface area contributed by atoms with Gasteiger partial charge in [0.1, 0.15) is 11.9 Å². The lowest BCUT2D eigenvalue weighted by Gasteiger charge is -2.18. The highest BCUT2D eigenvalue weighted by Gasteiger charge is 2.09. The molecule has 0 radical (unpaired) electrons. The highest BCUT2D eigenvalue weighted by molar-refractivity contribution is 5.34. The molecule has 4 heteroatoms. The number of benzene rings is 1. The van der Waals surface area contributed by atoms with E-state index >= 15 is 0 Å². The summed E-state index contributed by atoms with van der Waals surface area (Å²) in [7, 11) is 1.81. The fourth-order valence-corrected chi connectivity index (χ4v) is 1.28. The second kappa shape index (κ2) is 5.25. The number of nitrogens with zero attached hydrogens (tertiary/aromatic N) is 3. The van der Waals surface area contributed by atoms with Crippen molar-refractivity contribution in [1.82, 2.24) is 4.90 Å². The third-order valence-corrected chi connectivity index (χ3v) is 2.43. The Bertz CT molecular complexity index is 456. The van der Waals surface area contributed by atoms with Crippen molar-refractivity contribution in [1.29, 1.82) is 10.5 Å². The Labute approximate surface area is 94.3 Å². The fraction of sp³-hybridized carbons (Fsp3) is 0.333. The molecule has 0 saturated heterocycles. The van der Waals surface area contributed by atoms with Crippen LogP contribution < -0.4 is 0 Å². The number of halogens is 1. The van der Waals surface area contributed by atoms with Crippen LogP contribution in [0.3, 0.4) is 0 Å². The van der Waals surface area contributed by atoms with E-state index in [-0.39, 0.29) is 11.6 Å². The van der Waals surface area contributed by atoms with Crippen LogP contribution in [0.25, 0.3) is 0 Å². The Morgan fingerprint density at radius 3 is 2.69 bits per heavy atom. The van der Waals surface area contributed by atoms with Crippen LogP contribution in [0.5, 0.6) is 0 Å². The zero-order chi connectivity index (χ0) is 12.1. The van der Waals surface area contributed by atoms with Gasteiger partial charge in [-0.25, -0.2) is 4.39 Å². The topological polar surface area (TPSA) is 50.8 Å². The van der Waals surface area contributed by atoms with Crippen LogP contribution in [-0.4, -0.2) is 18.0 Å². The van der Waals surface area contributed by atoms with Crippen LogP contribution in [0, 0.1) is 28.5 Å². The molecule has 0 heterocycles. The van der Waals surface area contributed by atoms with Crippen molar-refractivity contribution in [2.24, 2.45) is 0 Å². The molecule has 0 spiro atoms. The molecule has 1 unspecified atom stereocenters. The lowest BCUT2D eigenvalue weighted by atomic mass is 10.1. The molecular formula is C12H12FN3. The van der Waals surface area contributed by atoms with Crippen LogP contribution >= 0.6 is 0 Å². The van der Waals surface area contributed by atoms with Crippen LogP contribution in [0.2, 0.25) is 0 Å². The average Bonchev–Trinajstić information content (AvgIpc) is 2.30. The van der Waals surface area contributed by atoms with Gasteiger partial charge < -0.3 is 0 Å². The summed E-state index contributed by atoms with van der Waals surface area (Å²) >= 11 is 0. The molecule has 0 aliphatic heterocycles. The monoisotopic (exact) mass is 217 g/mol.